The third-order valence-corrected chi connectivity index (χ3v) is 5.14. The predicted molar refractivity (Wildman–Crippen MR) is 111 cm³/mol. The van der Waals surface area contributed by atoms with Gasteiger partial charge in [0.1, 0.15) is 11.1 Å². The molecule has 0 radical (unpaired) electrons. The van der Waals surface area contributed by atoms with E-state index in [1.807, 2.05) is 30.3 Å². The van der Waals surface area contributed by atoms with Gasteiger partial charge in [0.2, 0.25) is 0 Å². The molecule has 0 spiro atoms. The van der Waals surface area contributed by atoms with Crippen molar-refractivity contribution >= 4 is 16.9 Å². The zero-order valence-corrected chi connectivity index (χ0v) is 16.2. The summed E-state index contributed by atoms with van der Waals surface area (Å²) in [6.45, 7) is 3.78. The van der Waals surface area contributed by atoms with Crippen LogP contribution in [-0.4, -0.2) is 43.6 Å². The van der Waals surface area contributed by atoms with Gasteiger partial charge in [0, 0.05) is 31.6 Å². The van der Waals surface area contributed by atoms with Crippen molar-refractivity contribution in [3.05, 3.63) is 82.2 Å². The predicted octanol–water partition coefficient (Wildman–Crippen LogP) is 2.99. The largest absolute Gasteiger partial charge is 0.422 e. The maximum atomic E-state index is 12.4. The second-order valence-electron chi connectivity index (χ2n) is 7.17. The lowest BCUT2D eigenvalue weighted by Gasteiger charge is -2.33. The first-order chi connectivity index (χ1) is 14.2. The highest BCUT2D eigenvalue weighted by atomic mass is 16.5. The van der Waals surface area contributed by atoms with E-state index >= 15 is 0 Å². The molecule has 1 amide bonds. The fraction of sp³-hybridized carbons (Fsp3) is 0.304. The number of para-hydroxylation sites is 1. The van der Waals surface area contributed by atoms with Gasteiger partial charge in [-0.25, -0.2) is 4.79 Å². The van der Waals surface area contributed by atoms with Crippen LogP contribution < -0.4 is 10.9 Å². The molecule has 1 saturated heterocycles. The summed E-state index contributed by atoms with van der Waals surface area (Å²) in [6, 6.07) is 19.0. The molecule has 1 atom stereocenters. The van der Waals surface area contributed by atoms with Gasteiger partial charge < -0.3 is 14.5 Å². The molecule has 1 aromatic heterocycles. The minimum Gasteiger partial charge on any atom is -0.422 e. The van der Waals surface area contributed by atoms with E-state index in [2.05, 4.69) is 22.3 Å². The Bertz CT molecular complexity index is 1030. The monoisotopic (exact) mass is 392 g/mol. The summed E-state index contributed by atoms with van der Waals surface area (Å²) in [5.41, 5.74) is 1.10. The van der Waals surface area contributed by atoms with Gasteiger partial charge in [-0.05, 0) is 24.1 Å². The first kappa shape index (κ1) is 19.4. The van der Waals surface area contributed by atoms with Crippen LogP contribution in [0.15, 0.2) is 69.9 Å². The summed E-state index contributed by atoms with van der Waals surface area (Å²) in [5, 5.41) is 3.56. The molecule has 0 bridgehead atoms. The van der Waals surface area contributed by atoms with Gasteiger partial charge >= 0.3 is 5.63 Å². The normalized spacial score (nSPS) is 17.3. The van der Waals surface area contributed by atoms with Gasteiger partial charge in [0.25, 0.3) is 5.91 Å². The first-order valence-corrected chi connectivity index (χ1v) is 9.91. The van der Waals surface area contributed by atoms with Crippen LogP contribution in [0.25, 0.3) is 11.0 Å². The summed E-state index contributed by atoms with van der Waals surface area (Å²) in [7, 11) is 0. The van der Waals surface area contributed by atoms with Crippen LogP contribution in [0, 0.1) is 0 Å². The van der Waals surface area contributed by atoms with Gasteiger partial charge in [0.15, 0.2) is 0 Å². The average molecular weight is 392 g/mol. The molecule has 2 heterocycles. The van der Waals surface area contributed by atoms with E-state index in [0.29, 0.717) is 18.7 Å². The molecule has 1 aliphatic heterocycles. The number of ether oxygens (including phenoxy) is 1. The molecule has 0 saturated carbocycles. The number of nitrogens with zero attached hydrogens (tertiary/aromatic N) is 1. The highest BCUT2D eigenvalue weighted by molar-refractivity contribution is 5.96. The summed E-state index contributed by atoms with van der Waals surface area (Å²) in [6.07, 6.45) is 0.883. The summed E-state index contributed by atoms with van der Waals surface area (Å²) in [4.78, 5) is 26.8. The highest BCUT2D eigenvalue weighted by Gasteiger charge is 2.21. The Kier molecular flexibility index (Phi) is 6.03. The maximum absolute atomic E-state index is 12.4. The zero-order valence-electron chi connectivity index (χ0n) is 16.2. The van der Waals surface area contributed by atoms with Crippen molar-refractivity contribution in [3.8, 4) is 0 Å². The quantitative estimate of drug-likeness (QED) is 0.516. The third kappa shape index (κ3) is 4.72. The van der Waals surface area contributed by atoms with Gasteiger partial charge in [0.05, 0.1) is 12.7 Å². The Hall–Kier alpha value is -2.96. The van der Waals surface area contributed by atoms with Crippen LogP contribution in [0.3, 0.4) is 0 Å². The number of benzene rings is 2. The molecule has 6 heteroatoms. The fourth-order valence-corrected chi connectivity index (χ4v) is 3.60. The van der Waals surface area contributed by atoms with Crippen LogP contribution in [0.4, 0.5) is 0 Å². The minimum atomic E-state index is -0.611. The molecular formula is C23H24N2O4. The molecule has 1 aliphatic rings. The summed E-state index contributed by atoms with van der Waals surface area (Å²) in [5.74, 6) is -0.395. The second-order valence-corrected chi connectivity index (χ2v) is 7.17. The molecule has 3 aromatic rings. The van der Waals surface area contributed by atoms with E-state index in [-0.39, 0.29) is 11.7 Å². The molecule has 0 aliphatic carbocycles. The van der Waals surface area contributed by atoms with E-state index in [9.17, 15) is 9.59 Å². The number of nitrogens with one attached hydrogen (secondary N) is 1. The van der Waals surface area contributed by atoms with Crippen molar-refractivity contribution in [1.29, 1.82) is 0 Å². The Labute approximate surface area is 169 Å². The lowest BCUT2D eigenvalue weighted by molar-refractivity contribution is -0.0301. The Balaban J connectivity index is 1.28. The van der Waals surface area contributed by atoms with Gasteiger partial charge in [-0.3, -0.25) is 9.69 Å². The van der Waals surface area contributed by atoms with Gasteiger partial charge in [-0.2, -0.15) is 0 Å². The minimum absolute atomic E-state index is 0.0409. The van der Waals surface area contributed by atoms with Crippen LogP contribution >= 0.6 is 0 Å². The average Bonchev–Trinajstić information content (AvgIpc) is 2.77. The van der Waals surface area contributed by atoms with Crippen molar-refractivity contribution in [2.45, 2.75) is 12.5 Å². The molecular weight excluding hydrogens is 368 g/mol. The smallest absolute Gasteiger partial charge is 0.349 e. The van der Waals surface area contributed by atoms with Crippen molar-refractivity contribution in [1.82, 2.24) is 10.2 Å². The topological polar surface area (TPSA) is 71.8 Å². The number of morpholine rings is 1. The second kappa shape index (κ2) is 9.03. The van der Waals surface area contributed by atoms with Crippen LogP contribution in [0.5, 0.6) is 0 Å². The number of hydrogen-bond acceptors (Lipinski definition) is 5. The van der Waals surface area contributed by atoms with E-state index in [1.165, 1.54) is 5.56 Å². The molecule has 4 rings (SSSR count). The summed E-state index contributed by atoms with van der Waals surface area (Å²) >= 11 is 0. The SMILES string of the molecule is O=C(NCCCN1CCO[C@H](c2ccccc2)C1)c1cc2ccccc2oc1=O. The van der Waals surface area contributed by atoms with Crippen molar-refractivity contribution < 1.29 is 13.9 Å². The van der Waals surface area contributed by atoms with Crippen molar-refractivity contribution in [2.75, 3.05) is 32.8 Å². The standard InChI is InChI=1S/C23H24N2O4/c26-22(19-15-18-9-4-5-10-20(18)29-23(19)27)24-11-6-12-25-13-14-28-21(16-25)17-7-2-1-3-8-17/h1-5,7-10,15,21H,6,11-14,16H2,(H,24,26)/t21-/m0/s1. The maximum Gasteiger partial charge on any atom is 0.349 e. The third-order valence-electron chi connectivity index (χ3n) is 5.14. The van der Waals surface area contributed by atoms with Crippen LogP contribution in [0.1, 0.15) is 28.4 Å². The molecule has 0 unspecified atom stereocenters. The summed E-state index contributed by atoms with van der Waals surface area (Å²) < 4.78 is 11.1. The number of carbonyl (C=O) groups excluding carboxylic acids is 1. The van der Waals surface area contributed by atoms with Crippen LogP contribution in [0.2, 0.25) is 0 Å². The Morgan fingerprint density at radius 1 is 1.10 bits per heavy atom. The zero-order chi connectivity index (χ0) is 20.1. The van der Waals surface area contributed by atoms with E-state index in [4.69, 9.17) is 9.15 Å². The molecule has 29 heavy (non-hydrogen) atoms. The number of carbonyl (C=O) groups is 1. The number of rotatable bonds is 6. The van der Waals surface area contributed by atoms with Gasteiger partial charge in [-0.15, -0.1) is 0 Å². The number of amides is 1. The lowest BCUT2D eigenvalue weighted by atomic mass is 10.1. The van der Waals surface area contributed by atoms with E-state index in [1.54, 1.807) is 18.2 Å². The van der Waals surface area contributed by atoms with Crippen molar-refractivity contribution in [2.24, 2.45) is 0 Å². The molecule has 6 nitrogen and oxygen atoms in total. The highest BCUT2D eigenvalue weighted by Crippen LogP contribution is 2.21. The number of hydrogen-bond donors (Lipinski definition) is 1. The Morgan fingerprint density at radius 2 is 1.90 bits per heavy atom. The number of fused-ring (bicyclic) bond motifs is 1. The lowest BCUT2D eigenvalue weighted by Crippen LogP contribution is -2.40. The molecule has 1 N–H and O–H groups in total. The van der Waals surface area contributed by atoms with E-state index in [0.717, 1.165) is 31.4 Å². The fourth-order valence-electron chi connectivity index (χ4n) is 3.60. The van der Waals surface area contributed by atoms with Crippen LogP contribution in [-0.2, 0) is 4.74 Å². The van der Waals surface area contributed by atoms with E-state index < -0.39 is 11.5 Å². The molecule has 150 valence electrons. The Morgan fingerprint density at radius 3 is 2.76 bits per heavy atom. The molecule has 2 aromatic carbocycles. The first-order valence-electron chi connectivity index (χ1n) is 9.91. The van der Waals surface area contributed by atoms with Crippen molar-refractivity contribution in [3.63, 3.8) is 0 Å². The molecule has 1 fully saturated rings. The van der Waals surface area contributed by atoms with Gasteiger partial charge in [-0.1, -0.05) is 48.5 Å².